The summed E-state index contributed by atoms with van der Waals surface area (Å²) >= 11 is 0. The minimum Gasteiger partial charge on any atom is -0.367 e. The molecule has 30 heavy (non-hydrogen) atoms. The molecule has 0 radical (unpaired) electrons. The normalized spacial score (nSPS) is 13.5. The molecule has 1 aliphatic heterocycles. The first-order chi connectivity index (χ1) is 14.5. The van der Waals surface area contributed by atoms with Crippen LogP contribution >= 0.6 is 0 Å². The number of allylic oxidation sites excluding steroid dienone is 1. The van der Waals surface area contributed by atoms with Crippen molar-refractivity contribution < 1.29 is 0 Å². The van der Waals surface area contributed by atoms with E-state index in [4.69, 9.17) is 0 Å². The molecule has 7 heteroatoms. The Labute approximate surface area is 174 Å². The van der Waals surface area contributed by atoms with Crippen LogP contribution in [0.1, 0.15) is 29.6 Å². The molecule has 0 amide bonds. The first-order valence-corrected chi connectivity index (χ1v) is 9.55. The van der Waals surface area contributed by atoms with Crippen molar-refractivity contribution in [1.29, 1.82) is 5.26 Å². The molecule has 0 spiro atoms. The largest absolute Gasteiger partial charge is 0.367 e. The van der Waals surface area contributed by atoms with Gasteiger partial charge in [0.05, 0.1) is 11.6 Å². The monoisotopic (exact) mass is 396 g/mol. The predicted octanol–water partition coefficient (Wildman–Crippen LogP) is 3.07. The third-order valence-electron chi connectivity index (χ3n) is 5.17. The molecule has 4 rings (SSSR count). The number of rotatable bonds is 4. The highest BCUT2D eigenvalue weighted by Gasteiger charge is 2.20. The highest BCUT2D eigenvalue weighted by molar-refractivity contribution is 5.69. The highest BCUT2D eigenvalue weighted by Crippen LogP contribution is 2.28. The summed E-state index contributed by atoms with van der Waals surface area (Å²) in [5, 5.41) is 9.38. The van der Waals surface area contributed by atoms with E-state index in [-0.39, 0.29) is 5.56 Å². The van der Waals surface area contributed by atoms with Gasteiger partial charge < -0.3 is 9.88 Å². The van der Waals surface area contributed by atoms with Crippen LogP contribution in [0.15, 0.2) is 65.6 Å². The molecule has 3 aromatic rings. The summed E-state index contributed by atoms with van der Waals surface area (Å²) in [5.41, 5.74) is 6.00. The summed E-state index contributed by atoms with van der Waals surface area (Å²) < 4.78 is 0. The summed E-state index contributed by atoms with van der Waals surface area (Å²) in [7, 11) is 0. The van der Waals surface area contributed by atoms with E-state index in [0.29, 0.717) is 17.9 Å². The Morgan fingerprint density at radius 2 is 2.17 bits per heavy atom. The molecule has 0 fully saturated rings. The second-order valence-corrected chi connectivity index (χ2v) is 7.13. The quantitative estimate of drug-likeness (QED) is 0.681. The number of aromatic nitrogens is 4. The average Bonchev–Trinajstić information content (AvgIpc) is 2.77. The van der Waals surface area contributed by atoms with Gasteiger partial charge in [-0.15, -0.1) is 0 Å². The van der Waals surface area contributed by atoms with Crippen molar-refractivity contribution in [2.75, 3.05) is 6.54 Å². The maximum absolute atomic E-state index is 11.5. The summed E-state index contributed by atoms with van der Waals surface area (Å²) in [6.07, 6.45) is 9.23. The number of nitriles is 1. The zero-order chi connectivity index (χ0) is 21.1. The fraction of sp³-hybridized carbons (Fsp3) is 0.174. The number of fused-ring (bicyclic) bond motifs is 1. The lowest BCUT2D eigenvalue weighted by molar-refractivity contribution is 0.326. The zero-order valence-corrected chi connectivity index (χ0v) is 16.6. The fourth-order valence-electron chi connectivity index (χ4n) is 3.52. The van der Waals surface area contributed by atoms with Gasteiger partial charge in [0.1, 0.15) is 5.82 Å². The third-order valence-corrected chi connectivity index (χ3v) is 5.17. The second kappa shape index (κ2) is 8.13. The molecule has 0 saturated carbocycles. The van der Waals surface area contributed by atoms with Gasteiger partial charge in [-0.1, -0.05) is 6.58 Å². The summed E-state index contributed by atoms with van der Waals surface area (Å²) in [4.78, 5) is 29.3. The minimum absolute atomic E-state index is 0.188. The Morgan fingerprint density at radius 3 is 2.97 bits per heavy atom. The Balaban J connectivity index is 1.59. The minimum atomic E-state index is -0.188. The molecule has 0 unspecified atom stereocenters. The van der Waals surface area contributed by atoms with Crippen molar-refractivity contribution in [1.82, 2.24) is 24.8 Å². The topological polar surface area (TPSA) is 98.6 Å². The molecule has 0 saturated heterocycles. The van der Waals surface area contributed by atoms with Gasteiger partial charge in [-0.05, 0) is 36.3 Å². The van der Waals surface area contributed by atoms with Crippen LogP contribution in [0.2, 0.25) is 0 Å². The molecule has 3 aromatic heterocycles. The molecule has 4 heterocycles. The van der Waals surface area contributed by atoms with Crippen LogP contribution in [0.3, 0.4) is 0 Å². The van der Waals surface area contributed by atoms with E-state index >= 15 is 0 Å². The van der Waals surface area contributed by atoms with Gasteiger partial charge in [0.25, 0.3) is 5.56 Å². The van der Waals surface area contributed by atoms with Crippen LogP contribution in [0.25, 0.3) is 17.2 Å². The molecule has 1 aliphatic rings. The lowest BCUT2D eigenvalue weighted by atomic mass is 9.98. The molecule has 7 nitrogen and oxygen atoms in total. The van der Waals surface area contributed by atoms with Gasteiger partial charge in [0.15, 0.2) is 0 Å². The number of nitrogens with zero attached hydrogens (tertiary/aromatic N) is 5. The van der Waals surface area contributed by atoms with Crippen molar-refractivity contribution in [3.05, 3.63) is 93.8 Å². The molecule has 1 N–H and O–H groups in total. The maximum atomic E-state index is 11.5. The molecule has 148 valence electrons. The van der Waals surface area contributed by atoms with Crippen LogP contribution < -0.4 is 5.56 Å². The van der Waals surface area contributed by atoms with Gasteiger partial charge >= 0.3 is 0 Å². The standard InChI is InChI=1S/C23H20N6O/c1-15(9-22-26-7-4-23(30)28-22)16(2)29-8-5-21-19(14-29)10-18(12-27-21)20-13-25-6-3-17(20)11-24/h3-4,6-7,9-10,12-13H,2,5,8,14H2,1H3,(H,26,28,30)/b15-9-. The van der Waals surface area contributed by atoms with Gasteiger partial charge in [-0.25, -0.2) is 4.98 Å². The number of hydrogen-bond donors (Lipinski definition) is 1. The van der Waals surface area contributed by atoms with Crippen LogP contribution in [0.4, 0.5) is 0 Å². The van der Waals surface area contributed by atoms with Crippen molar-refractivity contribution in [2.24, 2.45) is 0 Å². The van der Waals surface area contributed by atoms with E-state index in [2.05, 4.69) is 43.6 Å². The Morgan fingerprint density at radius 1 is 1.30 bits per heavy atom. The average molecular weight is 396 g/mol. The van der Waals surface area contributed by atoms with Gasteiger partial charge in [-0.3, -0.25) is 14.8 Å². The van der Waals surface area contributed by atoms with Crippen molar-refractivity contribution >= 4 is 6.08 Å². The molecule has 0 aliphatic carbocycles. The lowest BCUT2D eigenvalue weighted by Gasteiger charge is -2.32. The van der Waals surface area contributed by atoms with Crippen LogP contribution in [0, 0.1) is 11.3 Å². The smallest absolute Gasteiger partial charge is 0.251 e. The second-order valence-electron chi connectivity index (χ2n) is 7.13. The Bertz CT molecular complexity index is 1250. The summed E-state index contributed by atoms with van der Waals surface area (Å²) in [6.45, 7) is 7.67. The lowest BCUT2D eigenvalue weighted by Crippen LogP contribution is -2.30. The Hall–Kier alpha value is -4.05. The number of aromatic amines is 1. The number of H-pyrrole nitrogens is 1. The van der Waals surface area contributed by atoms with E-state index in [1.54, 1.807) is 18.5 Å². The molecule has 0 bridgehead atoms. The molecule has 0 atom stereocenters. The zero-order valence-electron chi connectivity index (χ0n) is 16.6. The molecular formula is C23H20N6O. The van der Waals surface area contributed by atoms with Crippen LogP contribution in [0.5, 0.6) is 0 Å². The van der Waals surface area contributed by atoms with E-state index in [1.807, 2.05) is 19.2 Å². The predicted molar refractivity (Wildman–Crippen MR) is 114 cm³/mol. The van der Waals surface area contributed by atoms with Crippen molar-refractivity contribution in [3.8, 4) is 17.2 Å². The maximum Gasteiger partial charge on any atom is 0.251 e. The van der Waals surface area contributed by atoms with E-state index in [0.717, 1.165) is 46.6 Å². The number of hydrogen-bond acceptors (Lipinski definition) is 6. The number of pyridine rings is 2. The summed E-state index contributed by atoms with van der Waals surface area (Å²) in [5.74, 6) is 0.503. The summed E-state index contributed by atoms with van der Waals surface area (Å²) in [6, 6.07) is 7.38. The van der Waals surface area contributed by atoms with Gasteiger partial charge in [0, 0.05) is 72.9 Å². The van der Waals surface area contributed by atoms with Crippen molar-refractivity contribution in [2.45, 2.75) is 19.9 Å². The van der Waals surface area contributed by atoms with Crippen molar-refractivity contribution in [3.63, 3.8) is 0 Å². The first-order valence-electron chi connectivity index (χ1n) is 9.55. The SMILES string of the molecule is C=C(/C(C)=C\c1nccc(=O)[nH]1)N1CCc2ncc(-c3cnccc3C#N)cc2C1. The highest BCUT2D eigenvalue weighted by atomic mass is 16.1. The fourth-order valence-corrected chi connectivity index (χ4v) is 3.52. The molecule has 0 aromatic carbocycles. The van der Waals surface area contributed by atoms with Gasteiger partial charge in [-0.2, -0.15) is 5.26 Å². The molecular weight excluding hydrogens is 376 g/mol. The van der Waals surface area contributed by atoms with Gasteiger partial charge in [0.2, 0.25) is 0 Å². The van der Waals surface area contributed by atoms with E-state index in [1.165, 1.54) is 12.3 Å². The number of nitrogens with one attached hydrogen (secondary N) is 1. The van der Waals surface area contributed by atoms with Crippen LogP contribution in [-0.4, -0.2) is 31.4 Å². The van der Waals surface area contributed by atoms with E-state index < -0.39 is 0 Å². The van der Waals surface area contributed by atoms with E-state index in [9.17, 15) is 10.1 Å². The third kappa shape index (κ3) is 3.89. The van der Waals surface area contributed by atoms with Crippen LogP contribution in [-0.2, 0) is 13.0 Å². The Kier molecular flexibility index (Phi) is 5.22. The first kappa shape index (κ1) is 19.3.